The second kappa shape index (κ2) is 4.46. The minimum absolute atomic E-state index is 0.0106. The lowest BCUT2D eigenvalue weighted by Crippen LogP contribution is -2.21. The Morgan fingerprint density at radius 1 is 1.60 bits per heavy atom. The lowest BCUT2D eigenvalue weighted by atomic mass is 9.98. The Morgan fingerprint density at radius 2 is 2.20 bits per heavy atom. The van der Waals surface area contributed by atoms with Gasteiger partial charge in [-0.3, -0.25) is 4.79 Å². The van der Waals surface area contributed by atoms with Crippen LogP contribution in [0.1, 0.15) is 11.5 Å². The maximum Gasteiger partial charge on any atom is 0.312 e. The zero-order chi connectivity index (χ0) is 11.6. The van der Waals surface area contributed by atoms with Crippen LogP contribution in [0.25, 0.3) is 0 Å². The normalized spacial score (nSPS) is 12.5. The predicted molar refractivity (Wildman–Crippen MR) is 52.5 cm³/mol. The molecule has 0 aliphatic heterocycles. The molecule has 0 saturated carbocycles. The molecule has 0 aliphatic carbocycles. The van der Waals surface area contributed by atoms with Crippen molar-refractivity contribution in [3.05, 3.63) is 28.5 Å². The maximum atomic E-state index is 12.9. The van der Waals surface area contributed by atoms with Crippen LogP contribution in [0.4, 0.5) is 4.39 Å². The SMILES string of the molecule is NCC(C(=O)O)c1cc(Cl)c(F)cc1O. The van der Waals surface area contributed by atoms with Crippen LogP contribution in [-0.2, 0) is 4.79 Å². The predicted octanol–water partition coefficient (Wildman–Crippen LogP) is 1.31. The van der Waals surface area contributed by atoms with Crippen LogP contribution in [0, 0.1) is 5.82 Å². The molecule has 1 unspecified atom stereocenters. The van der Waals surface area contributed by atoms with Crippen LogP contribution in [0.5, 0.6) is 5.75 Å². The van der Waals surface area contributed by atoms with Crippen LogP contribution in [-0.4, -0.2) is 22.7 Å². The third-order valence-corrected chi connectivity index (χ3v) is 2.27. The fourth-order valence-corrected chi connectivity index (χ4v) is 1.36. The van der Waals surface area contributed by atoms with Crippen molar-refractivity contribution in [2.75, 3.05) is 6.54 Å². The fraction of sp³-hybridized carbons (Fsp3) is 0.222. The Kier molecular flexibility index (Phi) is 3.49. The second-order valence-corrected chi connectivity index (χ2v) is 3.36. The number of carboxylic acid groups (broad SMARTS) is 1. The average molecular weight is 234 g/mol. The summed E-state index contributed by atoms with van der Waals surface area (Å²) in [4.78, 5) is 10.8. The number of nitrogens with two attached hydrogens (primary N) is 1. The molecule has 0 spiro atoms. The number of phenolic OH excluding ortho intramolecular Hbond substituents is 1. The molecule has 1 atom stereocenters. The van der Waals surface area contributed by atoms with E-state index in [-0.39, 0.29) is 17.1 Å². The topological polar surface area (TPSA) is 83.6 Å². The summed E-state index contributed by atoms with van der Waals surface area (Å²) in [5.41, 5.74) is 5.24. The molecule has 0 aromatic heterocycles. The minimum atomic E-state index is -1.20. The Hall–Kier alpha value is -1.33. The van der Waals surface area contributed by atoms with Gasteiger partial charge in [0.05, 0.1) is 10.9 Å². The Bertz CT molecular complexity index is 397. The van der Waals surface area contributed by atoms with E-state index in [1.807, 2.05) is 0 Å². The quantitative estimate of drug-likeness (QED) is 0.735. The van der Waals surface area contributed by atoms with E-state index in [9.17, 15) is 14.3 Å². The van der Waals surface area contributed by atoms with Crippen LogP contribution in [0.2, 0.25) is 5.02 Å². The first-order valence-corrected chi connectivity index (χ1v) is 4.46. The number of hydrogen-bond donors (Lipinski definition) is 3. The Morgan fingerprint density at radius 3 is 2.67 bits per heavy atom. The van der Waals surface area contributed by atoms with Crippen LogP contribution < -0.4 is 5.73 Å². The molecule has 0 bridgehead atoms. The highest BCUT2D eigenvalue weighted by molar-refractivity contribution is 6.30. The molecular formula is C9H9ClFNO3. The molecule has 1 aromatic carbocycles. The molecule has 6 heteroatoms. The highest BCUT2D eigenvalue weighted by Crippen LogP contribution is 2.30. The molecule has 1 rings (SSSR count). The number of hydrogen-bond acceptors (Lipinski definition) is 3. The van der Waals surface area contributed by atoms with E-state index in [1.165, 1.54) is 0 Å². The van der Waals surface area contributed by atoms with E-state index in [1.54, 1.807) is 0 Å². The van der Waals surface area contributed by atoms with Crippen molar-refractivity contribution < 1.29 is 19.4 Å². The van der Waals surface area contributed by atoms with Gasteiger partial charge in [0.15, 0.2) is 0 Å². The van der Waals surface area contributed by atoms with Crippen LogP contribution in [0.15, 0.2) is 12.1 Å². The smallest absolute Gasteiger partial charge is 0.312 e. The summed E-state index contributed by atoms with van der Waals surface area (Å²) in [5, 5.41) is 17.9. The summed E-state index contributed by atoms with van der Waals surface area (Å²) in [6.07, 6.45) is 0. The minimum Gasteiger partial charge on any atom is -0.508 e. The van der Waals surface area contributed by atoms with Gasteiger partial charge in [0.2, 0.25) is 0 Å². The highest BCUT2D eigenvalue weighted by Gasteiger charge is 2.22. The summed E-state index contributed by atoms with van der Waals surface area (Å²) >= 11 is 5.47. The number of carbonyl (C=O) groups is 1. The van der Waals surface area contributed by atoms with Crippen molar-refractivity contribution >= 4 is 17.6 Å². The summed E-state index contributed by atoms with van der Waals surface area (Å²) < 4.78 is 12.9. The Balaban J connectivity index is 3.24. The van der Waals surface area contributed by atoms with Gasteiger partial charge in [0.25, 0.3) is 0 Å². The first-order chi connectivity index (χ1) is 6.97. The number of halogens is 2. The third kappa shape index (κ3) is 2.37. The van der Waals surface area contributed by atoms with Crippen molar-refractivity contribution in [1.82, 2.24) is 0 Å². The molecule has 4 nitrogen and oxygen atoms in total. The average Bonchev–Trinajstić information content (AvgIpc) is 2.14. The molecule has 82 valence electrons. The molecule has 4 N–H and O–H groups in total. The lowest BCUT2D eigenvalue weighted by Gasteiger charge is -2.12. The molecule has 0 amide bonds. The fourth-order valence-electron chi connectivity index (χ4n) is 1.19. The van der Waals surface area contributed by atoms with E-state index in [2.05, 4.69) is 0 Å². The number of carboxylic acids is 1. The van der Waals surface area contributed by atoms with Crippen molar-refractivity contribution in [1.29, 1.82) is 0 Å². The lowest BCUT2D eigenvalue weighted by molar-refractivity contribution is -0.138. The van der Waals surface area contributed by atoms with Crippen molar-refractivity contribution in [3.63, 3.8) is 0 Å². The molecule has 1 aromatic rings. The molecule has 0 fully saturated rings. The largest absolute Gasteiger partial charge is 0.508 e. The van der Waals surface area contributed by atoms with Crippen molar-refractivity contribution in [3.8, 4) is 5.75 Å². The van der Waals surface area contributed by atoms with Gasteiger partial charge >= 0.3 is 5.97 Å². The van der Waals surface area contributed by atoms with Gasteiger partial charge in [0.1, 0.15) is 11.6 Å². The van der Waals surface area contributed by atoms with Crippen LogP contribution in [0.3, 0.4) is 0 Å². The zero-order valence-electron chi connectivity index (χ0n) is 7.58. The number of rotatable bonds is 3. The van der Waals surface area contributed by atoms with Crippen molar-refractivity contribution in [2.24, 2.45) is 5.73 Å². The van der Waals surface area contributed by atoms with Gasteiger partial charge < -0.3 is 15.9 Å². The van der Waals surface area contributed by atoms with Crippen LogP contribution >= 0.6 is 11.6 Å². The third-order valence-electron chi connectivity index (χ3n) is 1.98. The molecule has 0 aliphatic rings. The van der Waals surface area contributed by atoms with Gasteiger partial charge in [-0.25, -0.2) is 4.39 Å². The number of aliphatic carboxylic acids is 1. The monoisotopic (exact) mass is 233 g/mol. The van der Waals surface area contributed by atoms with Gasteiger partial charge in [-0.1, -0.05) is 11.6 Å². The zero-order valence-corrected chi connectivity index (χ0v) is 8.33. The van der Waals surface area contributed by atoms with E-state index >= 15 is 0 Å². The van der Waals surface area contributed by atoms with Gasteiger partial charge in [-0.2, -0.15) is 0 Å². The summed E-state index contributed by atoms with van der Waals surface area (Å²) in [7, 11) is 0. The van der Waals surface area contributed by atoms with E-state index in [0.717, 1.165) is 12.1 Å². The van der Waals surface area contributed by atoms with E-state index in [0.29, 0.717) is 0 Å². The van der Waals surface area contributed by atoms with Gasteiger partial charge in [0, 0.05) is 18.2 Å². The molecule has 0 heterocycles. The summed E-state index contributed by atoms with van der Waals surface area (Å²) in [5.74, 6) is -3.56. The highest BCUT2D eigenvalue weighted by atomic mass is 35.5. The maximum absolute atomic E-state index is 12.9. The second-order valence-electron chi connectivity index (χ2n) is 2.95. The molecule has 0 saturated heterocycles. The number of benzene rings is 1. The van der Waals surface area contributed by atoms with E-state index in [4.69, 9.17) is 22.4 Å². The molecular weight excluding hydrogens is 225 g/mol. The Labute approximate surface area is 90.1 Å². The van der Waals surface area contributed by atoms with E-state index < -0.39 is 23.5 Å². The number of aromatic hydroxyl groups is 1. The summed E-state index contributed by atoms with van der Waals surface area (Å²) in [6.45, 7) is -0.204. The number of phenols is 1. The first kappa shape index (κ1) is 11.7. The van der Waals surface area contributed by atoms with Gasteiger partial charge in [-0.15, -0.1) is 0 Å². The van der Waals surface area contributed by atoms with Gasteiger partial charge in [-0.05, 0) is 6.07 Å². The summed E-state index contributed by atoms with van der Waals surface area (Å²) in [6, 6.07) is 1.83. The standard InChI is InChI=1S/C9H9ClFNO3/c10-6-1-4(5(3-12)9(14)15)8(13)2-7(6)11/h1-2,5,13H,3,12H2,(H,14,15). The van der Waals surface area contributed by atoms with Crippen molar-refractivity contribution in [2.45, 2.75) is 5.92 Å². The molecule has 15 heavy (non-hydrogen) atoms. The molecule has 0 radical (unpaired) electrons. The first-order valence-electron chi connectivity index (χ1n) is 4.08.